The second-order valence-electron chi connectivity index (χ2n) is 11.5. The van der Waals surface area contributed by atoms with E-state index in [1.807, 2.05) is 46.6 Å². The molecule has 0 spiro atoms. The zero-order chi connectivity index (χ0) is 30.7. The molecule has 1 fully saturated rings. The highest BCUT2D eigenvalue weighted by atomic mass is 32.1. The van der Waals surface area contributed by atoms with Crippen LogP contribution in [0, 0.1) is 11.8 Å². The number of hydrogen-bond acceptors (Lipinski definition) is 9. The fraction of sp³-hybridized carbons (Fsp3) is 0.759. The van der Waals surface area contributed by atoms with Gasteiger partial charge in [0.2, 0.25) is 11.8 Å². The Balaban J connectivity index is 2.37. The molecule has 1 aromatic rings. The Kier molecular flexibility index (Phi) is 14.2. The summed E-state index contributed by atoms with van der Waals surface area (Å²) in [5.74, 6) is -2.02. The lowest BCUT2D eigenvalue weighted by atomic mass is 9.95. The van der Waals surface area contributed by atoms with Gasteiger partial charge in [-0.2, -0.15) is 0 Å². The smallest absolute Gasteiger partial charge is 0.355 e. The molecule has 2 amide bonds. The number of likely N-dealkylation sites (N-methyl/N-ethyl adjacent to an activating group) is 1. The summed E-state index contributed by atoms with van der Waals surface area (Å²) in [5, 5.41) is 14.3. The average Bonchev–Trinajstić information content (AvgIpc) is 3.40. The number of esters is 1. The van der Waals surface area contributed by atoms with E-state index in [0.29, 0.717) is 24.3 Å². The summed E-state index contributed by atoms with van der Waals surface area (Å²) in [5.41, 5.74) is -0.0675. The van der Waals surface area contributed by atoms with E-state index in [2.05, 4.69) is 10.3 Å². The van der Waals surface area contributed by atoms with E-state index in [0.717, 1.165) is 25.8 Å². The van der Waals surface area contributed by atoms with Crippen LogP contribution < -0.4 is 5.32 Å². The second kappa shape index (κ2) is 16.8. The van der Waals surface area contributed by atoms with E-state index in [1.165, 1.54) is 28.7 Å². The molecule has 41 heavy (non-hydrogen) atoms. The number of rotatable bonds is 16. The predicted molar refractivity (Wildman–Crippen MR) is 156 cm³/mol. The summed E-state index contributed by atoms with van der Waals surface area (Å²) in [6, 6.07) is -1.53. The van der Waals surface area contributed by atoms with Gasteiger partial charge in [0.15, 0.2) is 12.4 Å². The van der Waals surface area contributed by atoms with Crippen molar-refractivity contribution in [1.29, 1.82) is 0 Å². The zero-order valence-corrected chi connectivity index (χ0v) is 26.4. The number of carbonyl (C=O) groups excluding carboxylic acids is 3. The highest BCUT2D eigenvalue weighted by molar-refractivity contribution is 7.09. The van der Waals surface area contributed by atoms with Gasteiger partial charge in [0, 0.05) is 31.4 Å². The maximum Gasteiger partial charge on any atom is 0.355 e. The van der Waals surface area contributed by atoms with E-state index in [4.69, 9.17) is 9.47 Å². The van der Waals surface area contributed by atoms with Crippen molar-refractivity contribution < 1.29 is 33.8 Å². The van der Waals surface area contributed by atoms with Crippen LogP contribution in [0.15, 0.2) is 5.38 Å². The van der Waals surface area contributed by atoms with Gasteiger partial charge in [-0.1, -0.05) is 47.5 Å². The molecule has 1 aliphatic rings. The summed E-state index contributed by atoms with van der Waals surface area (Å²) in [7, 11) is 3.44. The van der Waals surface area contributed by atoms with Crippen LogP contribution in [0.3, 0.4) is 0 Å². The van der Waals surface area contributed by atoms with Crippen molar-refractivity contribution >= 4 is 35.1 Å². The highest BCUT2D eigenvalue weighted by Crippen LogP contribution is 2.30. The number of aromatic nitrogens is 1. The molecule has 232 valence electrons. The molecule has 2 N–H and O–H groups in total. The van der Waals surface area contributed by atoms with Crippen molar-refractivity contribution in [3.05, 3.63) is 16.1 Å². The molecule has 11 nitrogen and oxygen atoms in total. The first-order valence-electron chi connectivity index (χ1n) is 14.6. The minimum atomic E-state index is -1.13. The first kappa shape index (κ1) is 34.6. The normalized spacial score (nSPS) is 18.1. The van der Waals surface area contributed by atoms with Crippen LogP contribution in [-0.4, -0.2) is 89.2 Å². The summed E-state index contributed by atoms with van der Waals surface area (Å²) >= 11 is 1.18. The summed E-state index contributed by atoms with van der Waals surface area (Å²) in [6.45, 7) is 10.3. The molecule has 0 saturated carbocycles. The molecule has 4 atom stereocenters. The Morgan fingerprint density at radius 1 is 1.22 bits per heavy atom. The maximum atomic E-state index is 14.2. The largest absolute Gasteiger partial charge is 0.476 e. The number of carboxylic acids is 1. The molecular formula is C29H48N4O7S. The molecule has 0 aliphatic carbocycles. The lowest BCUT2D eigenvalue weighted by molar-refractivity contribution is -0.159. The number of methoxy groups -OCH3 is 1. The first-order valence-corrected chi connectivity index (χ1v) is 15.5. The summed E-state index contributed by atoms with van der Waals surface area (Å²) in [4.78, 5) is 59.2. The lowest BCUT2D eigenvalue weighted by Gasteiger charge is -2.38. The van der Waals surface area contributed by atoms with Crippen molar-refractivity contribution in [2.24, 2.45) is 11.8 Å². The Morgan fingerprint density at radius 3 is 2.46 bits per heavy atom. The van der Waals surface area contributed by atoms with Gasteiger partial charge in [0.25, 0.3) is 0 Å². The van der Waals surface area contributed by atoms with Crippen molar-refractivity contribution in [1.82, 2.24) is 20.1 Å². The summed E-state index contributed by atoms with van der Waals surface area (Å²) < 4.78 is 11.3. The number of thiazole rings is 1. The molecule has 0 aromatic carbocycles. The number of ether oxygens (including phenoxy) is 2. The Labute approximate surface area is 248 Å². The third-order valence-corrected chi connectivity index (χ3v) is 8.35. The first-order chi connectivity index (χ1) is 19.4. The van der Waals surface area contributed by atoms with E-state index in [1.54, 1.807) is 0 Å². The van der Waals surface area contributed by atoms with E-state index >= 15 is 0 Å². The number of nitrogens with zero attached hydrogens (tertiary/aromatic N) is 3. The Bertz CT molecular complexity index is 1020. The van der Waals surface area contributed by atoms with Gasteiger partial charge in [-0.05, 0) is 44.7 Å². The third kappa shape index (κ3) is 10.3. The average molecular weight is 597 g/mol. The van der Waals surface area contributed by atoms with Crippen molar-refractivity contribution in [2.75, 3.05) is 27.4 Å². The van der Waals surface area contributed by atoms with Gasteiger partial charge in [0.1, 0.15) is 17.2 Å². The molecule has 2 heterocycles. The Hall–Kier alpha value is -2.57. The van der Waals surface area contributed by atoms with Crippen LogP contribution in [0.2, 0.25) is 0 Å². The highest BCUT2D eigenvalue weighted by Gasteiger charge is 2.37. The number of amides is 2. The molecule has 12 heteroatoms. The number of nitrogens with one attached hydrogen (secondary N) is 1. The van der Waals surface area contributed by atoms with Gasteiger partial charge in [-0.25, -0.2) is 9.78 Å². The van der Waals surface area contributed by atoms with Crippen LogP contribution in [-0.2, 0) is 23.9 Å². The predicted octanol–water partition coefficient (Wildman–Crippen LogP) is 4.09. The molecule has 0 unspecified atom stereocenters. The maximum absolute atomic E-state index is 14.2. The van der Waals surface area contributed by atoms with Gasteiger partial charge in [-0.3, -0.25) is 19.3 Å². The minimum absolute atomic E-state index is 0.0675. The molecule has 0 bridgehead atoms. The molecule has 1 saturated heterocycles. The summed E-state index contributed by atoms with van der Waals surface area (Å²) in [6.07, 6.45) is 3.77. The Morgan fingerprint density at radius 2 is 1.93 bits per heavy atom. The fourth-order valence-corrected chi connectivity index (χ4v) is 5.97. The molecule has 1 aromatic heterocycles. The topological polar surface area (TPSA) is 138 Å². The third-order valence-electron chi connectivity index (χ3n) is 7.41. The number of aromatic carboxylic acids is 1. The number of hydrogen-bond donors (Lipinski definition) is 2. The lowest BCUT2D eigenvalue weighted by Crippen LogP contribution is -2.57. The number of piperidine rings is 1. The van der Waals surface area contributed by atoms with Crippen LogP contribution in [0.5, 0.6) is 0 Å². The van der Waals surface area contributed by atoms with Crippen LogP contribution in [0.4, 0.5) is 0 Å². The quantitative estimate of drug-likeness (QED) is 0.213. The second-order valence-corrected chi connectivity index (χ2v) is 12.4. The number of carboxylic acid groups (broad SMARTS) is 1. The molecule has 1 aliphatic heterocycles. The number of carbonyl (C=O) groups is 4. The van der Waals surface area contributed by atoms with Crippen molar-refractivity contribution in [3.8, 4) is 0 Å². The fourth-order valence-electron chi connectivity index (χ4n) is 5.09. The van der Waals surface area contributed by atoms with Gasteiger partial charge < -0.3 is 24.8 Å². The van der Waals surface area contributed by atoms with Crippen molar-refractivity contribution in [2.45, 2.75) is 104 Å². The zero-order valence-electron chi connectivity index (χ0n) is 25.6. The van der Waals surface area contributed by atoms with Crippen molar-refractivity contribution in [3.63, 3.8) is 0 Å². The standard InChI is InChI=1S/C29H48N4O7S/c1-8-11-20(30-26(35)22-12-9-10-13-32(22)6)28(36)33(17-40-25(34)14-18(2)3)23(19(4)5)15-24(39-7)27-31-21(16-41-27)29(37)38/h16,18-20,22-24H,8-15,17H2,1-7H3,(H,30,35)(H,37,38)/t20-,22+,23+,24+/m0/s1. The molecular weight excluding hydrogens is 548 g/mol. The number of likely N-dealkylation sites (tertiary alicyclic amines) is 1. The van der Waals surface area contributed by atoms with Crippen LogP contribution in [0.25, 0.3) is 0 Å². The van der Waals surface area contributed by atoms with Gasteiger partial charge in [-0.15, -0.1) is 11.3 Å². The van der Waals surface area contributed by atoms with Gasteiger partial charge >= 0.3 is 11.9 Å². The molecule has 2 rings (SSSR count). The van der Waals surface area contributed by atoms with Gasteiger partial charge in [0.05, 0.1) is 6.04 Å². The van der Waals surface area contributed by atoms with E-state index in [9.17, 15) is 24.3 Å². The minimum Gasteiger partial charge on any atom is -0.476 e. The SMILES string of the molecule is CCC[C@H](NC(=O)[C@H]1CCCCN1C)C(=O)N(COC(=O)CC(C)C)[C@H](C[C@@H](OC)c1nc(C(=O)O)cs1)C(C)C. The van der Waals surface area contributed by atoms with Crippen LogP contribution in [0.1, 0.15) is 101 Å². The molecule has 0 radical (unpaired) electrons. The monoisotopic (exact) mass is 596 g/mol. The van der Waals surface area contributed by atoms with Crippen LogP contribution >= 0.6 is 11.3 Å². The van der Waals surface area contributed by atoms with E-state index < -0.39 is 30.1 Å². The van der Waals surface area contributed by atoms with E-state index in [-0.39, 0.29) is 48.5 Å².